The van der Waals surface area contributed by atoms with Gasteiger partial charge in [-0.3, -0.25) is 4.79 Å². The van der Waals surface area contributed by atoms with Crippen LogP contribution in [0, 0.1) is 13.8 Å². The molecule has 0 saturated carbocycles. The van der Waals surface area contributed by atoms with Crippen LogP contribution in [0.4, 0.5) is 0 Å². The van der Waals surface area contributed by atoms with Gasteiger partial charge >= 0.3 is 5.63 Å². The van der Waals surface area contributed by atoms with Crippen LogP contribution in [0.25, 0.3) is 33.1 Å². The molecule has 0 bridgehead atoms. The molecule has 0 unspecified atom stereocenters. The molecule has 2 aromatic carbocycles. The third kappa shape index (κ3) is 3.82. The number of rotatable bonds is 6. The quantitative estimate of drug-likeness (QED) is 0.482. The predicted octanol–water partition coefficient (Wildman–Crippen LogP) is 2.62. The number of benzene rings is 2. The molecule has 0 aliphatic carbocycles. The topological polar surface area (TPSA) is 113 Å². The van der Waals surface area contributed by atoms with Crippen LogP contribution in [0.5, 0.6) is 0 Å². The molecule has 4 aromatic rings. The number of furan rings is 1. The summed E-state index contributed by atoms with van der Waals surface area (Å²) in [5.41, 5.74) is 3.98. The van der Waals surface area contributed by atoms with Crippen molar-refractivity contribution in [2.45, 2.75) is 26.7 Å². The first-order chi connectivity index (χ1) is 14.9. The minimum absolute atomic E-state index is 0.0612. The van der Waals surface area contributed by atoms with Gasteiger partial charge in [0.25, 0.3) is 0 Å². The summed E-state index contributed by atoms with van der Waals surface area (Å²) in [6.45, 7) is 3.54. The largest absolute Gasteiger partial charge is 0.550 e. The van der Waals surface area contributed by atoms with Gasteiger partial charge in [0.2, 0.25) is 5.91 Å². The molecule has 158 valence electrons. The minimum atomic E-state index is -1.25. The average molecular weight is 418 g/mol. The van der Waals surface area contributed by atoms with Crippen molar-refractivity contribution in [2.75, 3.05) is 6.54 Å². The number of carbonyl (C=O) groups excluding carboxylic acids is 2. The summed E-state index contributed by atoms with van der Waals surface area (Å²) in [7, 11) is 0. The molecule has 1 N–H and O–H groups in total. The van der Waals surface area contributed by atoms with Gasteiger partial charge in [0.05, 0.1) is 18.2 Å². The van der Waals surface area contributed by atoms with Crippen molar-refractivity contribution in [3.63, 3.8) is 0 Å². The van der Waals surface area contributed by atoms with Gasteiger partial charge in [-0.1, -0.05) is 30.3 Å². The van der Waals surface area contributed by atoms with E-state index in [1.54, 1.807) is 13.2 Å². The zero-order valence-electron chi connectivity index (χ0n) is 17.1. The Kier molecular flexibility index (Phi) is 5.33. The smallest absolute Gasteiger partial charge is 0.340 e. The van der Waals surface area contributed by atoms with Gasteiger partial charge in [0, 0.05) is 40.8 Å². The Morgan fingerprint density at radius 3 is 2.48 bits per heavy atom. The highest BCUT2D eigenvalue weighted by Gasteiger charge is 2.20. The van der Waals surface area contributed by atoms with E-state index < -0.39 is 17.5 Å². The van der Waals surface area contributed by atoms with Crippen LogP contribution in [0.2, 0.25) is 0 Å². The first-order valence-corrected chi connectivity index (χ1v) is 9.86. The highest BCUT2D eigenvalue weighted by Crippen LogP contribution is 2.37. The Bertz CT molecular complexity index is 1360. The molecule has 4 rings (SSSR count). The summed E-state index contributed by atoms with van der Waals surface area (Å²) in [6, 6.07) is 11.7. The third-order valence-corrected chi connectivity index (χ3v) is 5.42. The molecular formula is C24H20NO6-. The van der Waals surface area contributed by atoms with Crippen LogP contribution < -0.4 is 16.0 Å². The van der Waals surface area contributed by atoms with E-state index in [1.807, 2.05) is 43.3 Å². The molecule has 2 heterocycles. The summed E-state index contributed by atoms with van der Waals surface area (Å²) in [6.07, 6.45) is 1.19. The van der Waals surface area contributed by atoms with Gasteiger partial charge in [-0.25, -0.2) is 4.79 Å². The maximum atomic E-state index is 12.6. The van der Waals surface area contributed by atoms with E-state index in [0.29, 0.717) is 22.3 Å². The van der Waals surface area contributed by atoms with Crippen LogP contribution in [0.3, 0.4) is 0 Å². The molecule has 0 aliphatic rings. The predicted molar refractivity (Wildman–Crippen MR) is 114 cm³/mol. The molecule has 0 radical (unpaired) electrons. The molecule has 0 fully saturated rings. The third-order valence-electron chi connectivity index (χ3n) is 5.42. The molecule has 7 nitrogen and oxygen atoms in total. The van der Waals surface area contributed by atoms with Gasteiger partial charge in [0.1, 0.15) is 11.2 Å². The second-order valence-corrected chi connectivity index (χ2v) is 7.41. The Balaban J connectivity index is 1.80. The monoisotopic (exact) mass is 418 g/mol. The lowest BCUT2D eigenvalue weighted by atomic mass is 9.97. The highest BCUT2D eigenvalue weighted by atomic mass is 16.4. The van der Waals surface area contributed by atoms with E-state index in [1.165, 1.54) is 0 Å². The Labute approximate surface area is 177 Å². The SMILES string of the molecule is Cc1c(CC(=O)NCCC(=O)[O-])c(=O)oc2c(C)c3occ(-c4ccccc4)c3cc12. The lowest BCUT2D eigenvalue weighted by Crippen LogP contribution is -2.32. The first kappa shape index (κ1) is 20.4. The van der Waals surface area contributed by atoms with Crippen molar-refractivity contribution in [2.24, 2.45) is 0 Å². The van der Waals surface area contributed by atoms with Crippen LogP contribution >= 0.6 is 0 Å². The number of fused-ring (bicyclic) bond motifs is 2. The van der Waals surface area contributed by atoms with Crippen LogP contribution in [0.15, 0.2) is 56.3 Å². The normalized spacial score (nSPS) is 11.2. The summed E-state index contributed by atoms with van der Waals surface area (Å²) >= 11 is 0. The Morgan fingerprint density at radius 2 is 1.77 bits per heavy atom. The fraction of sp³-hybridized carbons (Fsp3) is 0.208. The number of amides is 1. The van der Waals surface area contributed by atoms with Crippen molar-refractivity contribution in [1.82, 2.24) is 5.32 Å². The van der Waals surface area contributed by atoms with Crippen molar-refractivity contribution < 1.29 is 23.5 Å². The van der Waals surface area contributed by atoms with Gasteiger partial charge < -0.3 is 24.1 Å². The summed E-state index contributed by atoms with van der Waals surface area (Å²) in [5.74, 6) is -1.71. The second kappa shape index (κ2) is 8.10. The van der Waals surface area contributed by atoms with Crippen molar-refractivity contribution in [3.05, 3.63) is 69.8 Å². The van der Waals surface area contributed by atoms with Crippen molar-refractivity contribution >= 4 is 33.8 Å². The molecule has 31 heavy (non-hydrogen) atoms. The number of hydrogen-bond donors (Lipinski definition) is 1. The van der Waals surface area contributed by atoms with Gasteiger partial charge in [0.15, 0.2) is 0 Å². The average Bonchev–Trinajstić information content (AvgIpc) is 3.17. The molecule has 7 heteroatoms. The lowest BCUT2D eigenvalue weighted by Gasteiger charge is -2.11. The van der Waals surface area contributed by atoms with Crippen molar-refractivity contribution in [3.8, 4) is 11.1 Å². The van der Waals surface area contributed by atoms with E-state index in [0.717, 1.165) is 21.9 Å². The van der Waals surface area contributed by atoms with E-state index in [-0.39, 0.29) is 24.9 Å². The van der Waals surface area contributed by atoms with E-state index >= 15 is 0 Å². The molecular weight excluding hydrogens is 398 g/mol. The molecule has 2 aromatic heterocycles. The van der Waals surface area contributed by atoms with E-state index in [4.69, 9.17) is 8.83 Å². The number of aryl methyl sites for hydroxylation is 2. The van der Waals surface area contributed by atoms with Crippen LogP contribution in [0.1, 0.15) is 23.1 Å². The number of carboxylic acids is 1. The fourth-order valence-electron chi connectivity index (χ4n) is 3.77. The van der Waals surface area contributed by atoms with E-state index in [9.17, 15) is 19.5 Å². The number of carboxylic acid groups (broad SMARTS) is 1. The fourth-order valence-corrected chi connectivity index (χ4v) is 3.77. The van der Waals surface area contributed by atoms with E-state index in [2.05, 4.69) is 5.32 Å². The molecule has 0 aliphatic heterocycles. The molecule has 0 saturated heterocycles. The summed E-state index contributed by atoms with van der Waals surface area (Å²) in [5, 5.41) is 14.6. The maximum Gasteiger partial charge on any atom is 0.340 e. The summed E-state index contributed by atoms with van der Waals surface area (Å²) in [4.78, 5) is 35.3. The van der Waals surface area contributed by atoms with Crippen molar-refractivity contribution in [1.29, 1.82) is 0 Å². The highest BCUT2D eigenvalue weighted by molar-refractivity contribution is 6.05. The van der Waals surface area contributed by atoms with Crippen LogP contribution in [-0.4, -0.2) is 18.4 Å². The first-order valence-electron chi connectivity index (χ1n) is 9.86. The Hall–Kier alpha value is -3.87. The lowest BCUT2D eigenvalue weighted by molar-refractivity contribution is -0.305. The zero-order chi connectivity index (χ0) is 22.1. The van der Waals surface area contributed by atoms with Gasteiger partial charge in [-0.05, 0) is 31.0 Å². The number of hydrogen-bond acceptors (Lipinski definition) is 6. The standard InChI is InChI=1S/C24H21NO6/c1-13-16-10-18-19(15-6-4-3-5-7-15)12-30-22(18)14(2)23(16)31-24(29)17(13)11-20(26)25-9-8-21(27)28/h3-7,10,12H,8-9,11H2,1-2H3,(H,25,26)(H,27,28)/p-1. The molecule has 0 spiro atoms. The van der Waals surface area contributed by atoms with Gasteiger partial charge in [-0.2, -0.15) is 0 Å². The zero-order valence-corrected chi connectivity index (χ0v) is 17.1. The second-order valence-electron chi connectivity index (χ2n) is 7.41. The number of aliphatic carboxylic acids is 1. The maximum absolute atomic E-state index is 12.6. The minimum Gasteiger partial charge on any atom is -0.550 e. The molecule has 1 amide bonds. The Morgan fingerprint density at radius 1 is 1.03 bits per heavy atom. The molecule has 0 atom stereocenters. The van der Waals surface area contributed by atoms with Crippen LogP contribution in [-0.2, 0) is 16.0 Å². The van der Waals surface area contributed by atoms with Gasteiger partial charge in [-0.15, -0.1) is 0 Å². The number of carbonyl (C=O) groups is 2. The summed E-state index contributed by atoms with van der Waals surface area (Å²) < 4.78 is 11.4. The number of nitrogens with one attached hydrogen (secondary N) is 1.